The van der Waals surface area contributed by atoms with E-state index in [4.69, 9.17) is 0 Å². The number of aliphatic imine (C=N–C) groups is 2. The van der Waals surface area contributed by atoms with Gasteiger partial charge in [0.15, 0.2) is 0 Å². The van der Waals surface area contributed by atoms with E-state index < -0.39 is 11.9 Å². The second-order valence-electron chi connectivity index (χ2n) is 13.5. The SMILES string of the molecule is Cc1nn(-c2ccccc2)c(O)c1C=Nc1ccc(-c2ccccc2)cc1C(=O)O.Cc1nn(-c2ccccc2)c(O)c1C=Nc1ccc(-c2ccccc2)cc1C(=O)O.[Co]. The molecule has 0 aliphatic rings. The molecule has 8 rings (SSSR count). The van der Waals surface area contributed by atoms with Crippen LogP contribution in [0.3, 0.4) is 0 Å². The summed E-state index contributed by atoms with van der Waals surface area (Å²) in [6, 6.07) is 47.8. The summed E-state index contributed by atoms with van der Waals surface area (Å²) in [5.41, 5.74) is 7.67. The quantitative estimate of drug-likeness (QED) is 0.0983. The van der Waals surface area contributed by atoms with Gasteiger partial charge in [-0.05, 0) is 84.6 Å². The van der Waals surface area contributed by atoms with Gasteiger partial charge in [0.25, 0.3) is 0 Å². The molecule has 61 heavy (non-hydrogen) atoms. The topological polar surface area (TPSA) is 175 Å². The van der Waals surface area contributed by atoms with E-state index in [0.717, 1.165) is 33.6 Å². The number of hydrogen-bond donors (Lipinski definition) is 4. The summed E-state index contributed by atoms with van der Waals surface area (Å²) in [6.45, 7) is 3.52. The first-order valence-electron chi connectivity index (χ1n) is 18.7. The maximum absolute atomic E-state index is 11.8. The number of aromatic carboxylic acids is 2. The second-order valence-corrected chi connectivity index (χ2v) is 13.5. The van der Waals surface area contributed by atoms with Crippen molar-refractivity contribution in [1.29, 1.82) is 0 Å². The van der Waals surface area contributed by atoms with E-state index >= 15 is 0 Å². The van der Waals surface area contributed by atoms with Crippen LogP contribution in [0.25, 0.3) is 33.6 Å². The maximum Gasteiger partial charge on any atom is 0.337 e. The fraction of sp³-hybridized carbons (Fsp3) is 0.0417. The summed E-state index contributed by atoms with van der Waals surface area (Å²) in [4.78, 5) is 32.3. The summed E-state index contributed by atoms with van der Waals surface area (Å²) >= 11 is 0. The average molecular weight is 854 g/mol. The molecule has 0 aliphatic carbocycles. The van der Waals surface area contributed by atoms with Crippen molar-refractivity contribution in [3.63, 3.8) is 0 Å². The number of carboxylic acids is 2. The number of nitrogens with zero attached hydrogens (tertiary/aromatic N) is 6. The van der Waals surface area contributed by atoms with Gasteiger partial charge >= 0.3 is 11.9 Å². The molecule has 305 valence electrons. The van der Waals surface area contributed by atoms with Crippen molar-refractivity contribution < 1.29 is 46.8 Å². The Morgan fingerprint density at radius 3 is 1.15 bits per heavy atom. The molecule has 1 radical (unpaired) electrons. The number of hydrogen-bond acceptors (Lipinski definition) is 8. The van der Waals surface area contributed by atoms with Gasteiger partial charge in [0.2, 0.25) is 11.8 Å². The number of carboxylic acid groups (broad SMARTS) is 2. The smallest absolute Gasteiger partial charge is 0.337 e. The van der Waals surface area contributed by atoms with E-state index in [1.165, 1.54) is 21.8 Å². The molecule has 2 heterocycles. The Balaban J connectivity index is 0.000000201. The number of aromatic nitrogens is 4. The van der Waals surface area contributed by atoms with Crippen LogP contribution in [0.5, 0.6) is 11.8 Å². The minimum absolute atomic E-state index is 0. The van der Waals surface area contributed by atoms with Crippen molar-refractivity contribution in [3.05, 3.63) is 191 Å². The van der Waals surface area contributed by atoms with Crippen LogP contribution in [-0.2, 0) is 16.8 Å². The van der Waals surface area contributed by atoms with Crippen LogP contribution < -0.4 is 0 Å². The maximum atomic E-state index is 11.8. The van der Waals surface area contributed by atoms with Crippen LogP contribution in [0, 0.1) is 13.8 Å². The van der Waals surface area contributed by atoms with Gasteiger partial charge in [-0.25, -0.2) is 19.0 Å². The van der Waals surface area contributed by atoms with E-state index in [0.29, 0.717) is 33.9 Å². The molecule has 0 atom stereocenters. The van der Waals surface area contributed by atoms with Gasteiger partial charge in [0, 0.05) is 29.2 Å². The van der Waals surface area contributed by atoms with Crippen LogP contribution in [0.15, 0.2) is 168 Å². The largest absolute Gasteiger partial charge is 0.493 e. The summed E-state index contributed by atoms with van der Waals surface area (Å²) in [6.07, 6.45) is 2.89. The molecule has 0 bridgehead atoms. The van der Waals surface area contributed by atoms with Crippen molar-refractivity contribution in [2.75, 3.05) is 0 Å². The first kappa shape index (κ1) is 42.7. The zero-order valence-electron chi connectivity index (χ0n) is 32.8. The molecule has 0 saturated carbocycles. The zero-order chi connectivity index (χ0) is 42.2. The molecule has 0 unspecified atom stereocenters. The summed E-state index contributed by atoms with van der Waals surface area (Å²) in [5.74, 6) is -2.25. The van der Waals surface area contributed by atoms with Gasteiger partial charge in [-0.1, -0.05) is 109 Å². The van der Waals surface area contributed by atoms with E-state index in [2.05, 4.69) is 20.2 Å². The number of carbonyl (C=O) groups is 2. The Morgan fingerprint density at radius 1 is 0.492 bits per heavy atom. The molecular weight excluding hydrogens is 815 g/mol. The molecular formula is C48H38CoN6O6. The minimum Gasteiger partial charge on any atom is -0.493 e. The Bertz CT molecular complexity index is 2660. The van der Waals surface area contributed by atoms with Gasteiger partial charge in [-0.3, -0.25) is 9.98 Å². The van der Waals surface area contributed by atoms with E-state index in [9.17, 15) is 30.0 Å². The van der Waals surface area contributed by atoms with Crippen molar-refractivity contribution in [2.24, 2.45) is 9.98 Å². The first-order valence-corrected chi connectivity index (χ1v) is 18.7. The number of aromatic hydroxyl groups is 2. The average Bonchev–Trinajstić information content (AvgIpc) is 3.74. The third kappa shape index (κ3) is 9.71. The number of benzene rings is 6. The Hall–Kier alpha value is -7.87. The molecule has 4 N–H and O–H groups in total. The van der Waals surface area contributed by atoms with Gasteiger partial charge in [0.05, 0.1) is 56.4 Å². The van der Waals surface area contributed by atoms with E-state index in [1.54, 1.807) is 38.1 Å². The number of aryl methyl sites for hydroxylation is 2. The molecule has 0 spiro atoms. The molecule has 6 aromatic carbocycles. The summed E-state index contributed by atoms with van der Waals surface area (Å²) < 4.78 is 2.85. The first-order chi connectivity index (χ1) is 29.1. The standard InChI is InChI=1S/2C24H19N3O3.Co/c2*1-16-21(23(28)27(26-16)19-10-6-3-7-11-19)15-25-22-13-12-18(14-20(22)24(29)30)17-8-4-2-5-9-17;/h2*2-15,28H,1H3,(H,29,30);. The number of rotatable bonds is 10. The molecule has 0 saturated heterocycles. The number of para-hydroxylation sites is 2. The van der Waals surface area contributed by atoms with Gasteiger partial charge in [-0.2, -0.15) is 10.2 Å². The Morgan fingerprint density at radius 2 is 0.820 bits per heavy atom. The molecule has 0 fully saturated rings. The summed E-state index contributed by atoms with van der Waals surface area (Å²) in [5, 5.41) is 49.2. The van der Waals surface area contributed by atoms with Crippen LogP contribution in [0.4, 0.5) is 11.4 Å². The van der Waals surface area contributed by atoms with Crippen molar-refractivity contribution in [1.82, 2.24) is 19.6 Å². The van der Waals surface area contributed by atoms with Crippen LogP contribution >= 0.6 is 0 Å². The van der Waals surface area contributed by atoms with Crippen LogP contribution in [-0.4, -0.2) is 64.4 Å². The van der Waals surface area contributed by atoms with E-state index in [1.807, 2.05) is 133 Å². The van der Waals surface area contributed by atoms with Crippen molar-refractivity contribution in [2.45, 2.75) is 13.8 Å². The third-order valence-corrected chi connectivity index (χ3v) is 9.50. The summed E-state index contributed by atoms with van der Waals surface area (Å²) in [7, 11) is 0. The molecule has 2 aromatic heterocycles. The predicted molar refractivity (Wildman–Crippen MR) is 232 cm³/mol. The Labute approximate surface area is 361 Å². The molecule has 12 nitrogen and oxygen atoms in total. The third-order valence-electron chi connectivity index (χ3n) is 9.50. The van der Waals surface area contributed by atoms with Gasteiger partial charge in [-0.15, -0.1) is 0 Å². The monoisotopic (exact) mass is 853 g/mol. The second kappa shape index (κ2) is 19.3. The molecule has 0 amide bonds. The van der Waals surface area contributed by atoms with Gasteiger partial charge in [0.1, 0.15) is 0 Å². The molecule has 8 aromatic rings. The fourth-order valence-electron chi connectivity index (χ4n) is 6.38. The minimum atomic E-state index is -1.07. The zero-order valence-corrected chi connectivity index (χ0v) is 33.8. The van der Waals surface area contributed by atoms with Crippen LogP contribution in [0.1, 0.15) is 43.2 Å². The Kier molecular flexibility index (Phi) is 13.5. The van der Waals surface area contributed by atoms with Crippen molar-refractivity contribution in [3.8, 4) is 45.4 Å². The predicted octanol–water partition coefficient (Wildman–Crippen LogP) is 10.0. The van der Waals surface area contributed by atoms with Crippen LogP contribution in [0.2, 0.25) is 0 Å². The molecule has 13 heteroatoms. The fourth-order valence-corrected chi connectivity index (χ4v) is 6.38. The normalized spacial score (nSPS) is 10.9. The van der Waals surface area contributed by atoms with Crippen molar-refractivity contribution >= 4 is 35.7 Å². The molecule has 0 aliphatic heterocycles. The van der Waals surface area contributed by atoms with E-state index in [-0.39, 0.29) is 39.7 Å². The van der Waals surface area contributed by atoms with Gasteiger partial charge < -0.3 is 20.4 Å².